The summed E-state index contributed by atoms with van der Waals surface area (Å²) in [6.45, 7) is 0. The maximum absolute atomic E-state index is 12.3. The minimum atomic E-state index is -4.15. The van der Waals surface area contributed by atoms with Gasteiger partial charge in [0.05, 0.1) is 10.1 Å². The average Bonchev–Trinajstić information content (AvgIpc) is 2.46. The van der Waals surface area contributed by atoms with Crippen molar-refractivity contribution >= 4 is 16.0 Å². The van der Waals surface area contributed by atoms with E-state index in [9.17, 15) is 17.8 Å². The molecule has 1 aromatic rings. The van der Waals surface area contributed by atoms with Gasteiger partial charge < -0.3 is 9.45 Å². The number of nitrogens with zero attached hydrogens (tertiary/aromatic N) is 1. The van der Waals surface area contributed by atoms with Gasteiger partial charge in [0.2, 0.25) is 0 Å². The van der Waals surface area contributed by atoms with Crippen LogP contribution in [0.3, 0.4) is 0 Å². The third-order valence-electron chi connectivity index (χ3n) is 4.14. The van der Waals surface area contributed by atoms with Crippen molar-refractivity contribution in [3.8, 4) is 0 Å². The molecule has 1 amide bonds. The van der Waals surface area contributed by atoms with Gasteiger partial charge in [0.15, 0.2) is 0 Å². The molecule has 0 radical (unpaired) electrons. The first-order chi connectivity index (χ1) is 9.87. The Bertz CT molecular complexity index is 583. The van der Waals surface area contributed by atoms with Crippen LogP contribution in [0.1, 0.15) is 36.0 Å². The molecule has 0 aromatic heterocycles. The molecular formula is C15H20NNaO4S. The van der Waals surface area contributed by atoms with E-state index in [1.54, 1.807) is 24.1 Å². The van der Waals surface area contributed by atoms with Crippen molar-refractivity contribution in [1.29, 1.82) is 0 Å². The van der Waals surface area contributed by atoms with Gasteiger partial charge in [-0.05, 0) is 43.7 Å². The average molecular weight is 333 g/mol. The van der Waals surface area contributed by atoms with Gasteiger partial charge in [-0.1, -0.05) is 18.2 Å². The molecule has 1 aromatic carbocycles. The molecule has 5 nitrogen and oxygen atoms in total. The fraction of sp³-hybridized carbons (Fsp3) is 0.533. The zero-order valence-corrected chi connectivity index (χ0v) is 15.9. The molecule has 2 rings (SSSR count). The largest absolute Gasteiger partial charge is 1.00 e. The second kappa shape index (κ2) is 8.45. The molecule has 0 spiro atoms. The molecule has 116 valence electrons. The molecule has 1 aliphatic rings. The predicted molar refractivity (Wildman–Crippen MR) is 78.8 cm³/mol. The van der Waals surface area contributed by atoms with E-state index < -0.39 is 10.1 Å². The summed E-state index contributed by atoms with van der Waals surface area (Å²) in [5, 5.41) is 0. The van der Waals surface area contributed by atoms with Crippen molar-refractivity contribution in [2.24, 2.45) is 5.92 Å². The van der Waals surface area contributed by atoms with Crippen LogP contribution < -0.4 is 29.6 Å². The minimum absolute atomic E-state index is 0. The van der Waals surface area contributed by atoms with Gasteiger partial charge in [-0.2, -0.15) is 0 Å². The van der Waals surface area contributed by atoms with Crippen molar-refractivity contribution in [3.63, 3.8) is 0 Å². The number of hydrogen-bond donors (Lipinski definition) is 0. The zero-order chi connectivity index (χ0) is 15.5. The van der Waals surface area contributed by atoms with Crippen LogP contribution in [-0.4, -0.2) is 42.6 Å². The topological polar surface area (TPSA) is 77.5 Å². The van der Waals surface area contributed by atoms with Crippen LogP contribution >= 0.6 is 0 Å². The smallest absolute Gasteiger partial charge is 0.748 e. The zero-order valence-electron chi connectivity index (χ0n) is 13.1. The molecule has 0 bridgehead atoms. The van der Waals surface area contributed by atoms with E-state index in [-0.39, 0.29) is 53.2 Å². The Hall–Kier alpha value is -0.400. The van der Waals surface area contributed by atoms with Crippen LogP contribution in [0.15, 0.2) is 30.3 Å². The monoisotopic (exact) mass is 333 g/mol. The van der Waals surface area contributed by atoms with Crippen LogP contribution in [0, 0.1) is 5.92 Å². The van der Waals surface area contributed by atoms with E-state index in [1.807, 2.05) is 18.2 Å². The molecule has 0 unspecified atom stereocenters. The summed E-state index contributed by atoms with van der Waals surface area (Å²) in [7, 11) is -2.37. The molecule has 0 saturated heterocycles. The number of amides is 1. The maximum Gasteiger partial charge on any atom is 1.00 e. The molecule has 1 aliphatic carbocycles. The van der Waals surface area contributed by atoms with E-state index in [0.717, 1.165) is 12.8 Å². The van der Waals surface area contributed by atoms with Gasteiger partial charge in [-0.3, -0.25) is 4.79 Å². The first-order valence-corrected chi connectivity index (χ1v) is 8.70. The third kappa shape index (κ3) is 5.66. The van der Waals surface area contributed by atoms with Gasteiger partial charge in [0.25, 0.3) is 5.91 Å². The second-order valence-corrected chi connectivity index (χ2v) is 7.13. The molecule has 0 N–H and O–H groups in total. The molecule has 0 atom stereocenters. The van der Waals surface area contributed by atoms with Crippen molar-refractivity contribution < 1.29 is 47.3 Å². The first-order valence-electron chi connectivity index (χ1n) is 7.12. The molecule has 1 saturated carbocycles. The maximum atomic E-state index is 12.3. The summed E-state index contributed by atoms with van der Waals surface area (Å²) in [6, 6.07) is 9.21. The molecule has 0 aliphatic heterocycles. The molecular weight excluding hydrogens is 313 g/mol. The number of rotatable bonds is 4. The third-order valence-corrected chi connectivity index (χ3v) is 5.02. The number of hydrogen-bond acceptors (Lipinski definition) is 4. The van der Waals surface area contributed by atoms with Gasteiger partial charge >= 0.3 is 29.6 Å². The Balaban J connectivity index is 0.00000242. The standard InChI is InChI=1S/C15H21NO4S.Na/c1-16(15(17)13-5-3-2-4-6-13)14-9-7-12(8-10-14)11-21(18,19)20;/h2-6,12,14H,7-11H2,1H3,(H,18,19,20);/q;+1/p-1. The number of carbonyl (C=O) groups excluding carboxylic acids is 1. The predicted octanol–water partition coefficient (Wildman–Crippen LogP) is -1.13. The Morgan fingerprint density at radius 1 is 1.18 bits per heavy atom. The fourth-order valence-electron chi connectivity index (χ4n) is 2.94. The quantitative estimate of drug-likeness (QED) is 0.516. The summed E-state index contributed by atoms with van der Waals surface area (Å²) < 4.78 is 32.4. The van der Waals surface area contributed by atoms with Gasteiger partial charge in [0.1, 0.15) is 0 Å². The van der Waals surface area contributed by atoms with Gasteiger partial charge in [-0.15, -0.1) is 0 Å². The van der Waals surface area contributed by atoms with Crippen molar-refractivity contribution in [2.75, 3.05) is 12.8 Å². The van der Waals surface area contributed by atoms with Crippen molar-refractivity contribution in [2.45, 2.75) is 31.7 Å². The van der Waals surface area contributed by atoms with E-state index in [2.05, 4.69) is 0 Å². The number of benzene rings is 1. The van der Waals surface area contributed by atoms with Crippen molar-refractivity contribution in [1.82, 2.24) is 4.90 Å². The van der Waals surface area contributed by atoms with E-state index in [1.165, 1.54) is 0 Å². The summed E-state index contributed by atoms with van der Waals surface area (Å²) in [5.74, 6) is -0.366. The van der Waals surface area contributed by atoms with Crippen LogP contribution in [0.5, 0.6) is 0 Å². The van der Waals surface area contributed by atoms with Crippen LogP contribution in [0.2, 0.25) is 0 Å². The van der Waals surface area contributed by atoms with E-state index >= 15 is 0 Å². The van der Waals surface area contributed by atoms with Crippen LogP contribution in [0.25, 0.3) is 0 Å². The second-order valence-electron chi connectivity index (χ2n) is 5.68. The van der Waals surface area contributed by atoms with Crippen LogP contribution in [0.4, 0.5) is 0 Å². The summed E-state index contributed by atoms with van der Waals surface area (Å²) in [6.07, 6.45) is 2.85. The Labute approximate surface area is 154 Å². The SMILES string of the molecule is CN(C(=O)c1ccccc1)C1CCC(CS(=O)(=O)[O-])CC1.[Na+]. The van der Waals surface area contributed by atoms with Gasteiger partial charge in [-0.25, -0.2) is 8.42 Å². The molecule has 1 fully saturated rings. The molecule has 7 heteroatoms. The van der Waals surface area contributed by atoms with E-state index in [4.69, 9.17) is 0 Å². The number of carbonyl (C=O) groups is 1. The van der Waals surface area contributed by atoms with Crippen molar-refractivity contribution in [3.05, 3.63) is 35.9 Å². The Morgan fingerprint density at radius 3 is 2.23 bits per heavy atom. The minimum Gasteiger partial charge on any atom is -0.748 e. The van der Waals surface area contributed by atoms with Crippen LogP contribution in [-0.2, 0) is 10.1 Å². The molecule has 22 heavy (non-hydrogen) atoms. The van der Waals surface area contributed by atoms with Gasteiger partial charge in [0, 0.05) is 24.4 Å². The first kappa shape index (κ1) is 19.6. The Morgan fingerprint density at radius 2 is 1.73 bits per heavy atom. The summed E-state index contributed by atoms with van der Waals surface area (Å²) in [4.78, 5) is 14.1. The summed E-state index contributed by atoms with van der Waals surface area (Å²) >= 11 is 0. The summed E-state index contributed by atoms with van der Waals surface area (Å²) in [5.41, 5.74) is 0.657. The Kier molecular flexibility index (Phi) is 7.55. The molecule has 0 heterocycles. The van der Waals surface area contributed by atoms with E-state index in [0.29, 0.717) is 18.4 Å². The normalized spacial score (nSPS) is 21.7. The fourth-order valence-corrected chi connectivity index (χ4v) is 3.85.